The van der Waals surface area contributed by atoms with Gasteiger partial charge in [0.25, 0.3) is 12.9 Å². The van der Waals surface area contributed by atoms with Crippen LogP contribution >= 0.6 is 11.6 Å². The molecule has 0 radical (unpaired) electrons. The lowest BCUT2D eigenvalue weighted by atomic mass is 10.2. The second-order valence-electron chi connectivity index (χ2n) is 5.92. The van der Waals surface area contributed by atoms with E-state index in [0.717, 1.165) is 0 Å². The Labute approximate surface area is 165 Å². The maximum absolute atomic E-state index is 13.2. The number of rotatable bonds is 7. The summed E-state index contributed by atoms with van der Waals surface area (Å²) < 4.78 is 67.0. The van der Waals surface area contributed by atoms with Crippen LogP contribution in [0.1, 0.15) is 29.8 Å². The van der Waals surface area contributed by atoms with Gasteiger partial charge in [-0.05, 0) is 17.7 Å². The molecule has 29 heavy (non-hydrogen) atoms. The van der Waals surface area contributed by atoms with Crippen molar-refractivity contribution in [2.75, 3.05) is 5.32 Å². The predicted molar refractivity (Wildman–Crippen MR) is 93.5 cm³/mol. The highest BCUT2D eigenvalue weighted by Crippen LogP contribution is 2.34. The quantitative estimate of drug-likeness (QED) is 0.560. The van der Waals surface area contributed by atoms with Crippen LogP contribution in [-0.4, -0.2) is 25.5 Å². The zero-order valence-corrected chi connectivity index (χ0v) is 15.3. The molecule has 0 spiro atoms. The van der Waals surface area contributed by atoms with E-state index in [-0.39, 0.29) is 12.4 Å². The number of amides is 1. The standard InChI is InChI=1S/C17H13ClF5N5O/c18-13-14(16(20)21)26-28(15(13)17(22)23)8-12(29)24-11-4-5-27(25-11)7-9-2-1-3-10(19)6-9/h1-6,16-17H,7-8H2,(H,24,25,29). The largest absolute Gasteiger partial charge is 0.308 e. The number of nitrogens with one attached hydrogen (secondary N) is 1. The summed E-state index contributed by atoms with van der Waals surface area (Å²) in [5, 5.41) is 8.86. The predicted octanol–water partition coefficient (Wildman–Crippen LogP) is 4.43. The minimum Gasteiger partial charge on any atom is -0.308 e. The molecular weight excluding hydrogens is 421 g/mol. The van der Waals surface area contributed by atoms with Crippen molar-refractivity contribution >= 4 is 23.3 Å². The van der Waals surface area contributed by atoms with Crippen molar-refractivity contribution in [3.05, 3.63) is 64.3 Å². The highest BCUT2D eigenvalue weighted by molar-refractivity contribution is 6.32. The molecule has 1 amide bonds. The van der Waals surface area contributed by atoms with Gasteiger partial charge < -0.3 is 5.32 Å². The molecule has 2 aromatic heterocycles. The van der Waals surface area contributed by atoms with Crippen LogP contribution < -0.4 is 5.32 Å². The minimum atomic E-state index is -3.19. The average Bonchev–Trinajstić information content (AvgIpc) is 3.18. The number of hydrogen-bond donors (Lipinski definition) is 1. The maximum Gasteiger partial charge on any atom is 0.283 e. The maximum atomic E-state index is 13.2. The third-order valence-corrected chi connectivity index (χ3v) is 4.19. The molecule has 6 nitrogen and oxygen atoms in total. The van der Waals surface area contributed by atoms with Crippen LogP contribution in [0.2, 0.25) is 5.02 Å². The Morgan fingerprint density at radius 3 is 2.55 bits per heavy atom. The molecule has 3 aromatic rings. The number of carbonyl (C=O) groups is 1. The summed E-state index contributed by atoms with van der Waals surface area (Å²) in [6, 6.07) is 7.30. The summed E-state index contributed by atoms with van der Waals surface area (Å²) in [5.74, 6) is -1.13. The van der Waals surface area contributed by atoms with Gasteiger partial charge in [0.15, 0.2) is 5.82 Å². The van der Waals surface area contributed by atoms with Gasteiger partial charge in [0.2, 0.25) is 5.91 Å². The van der Waals surface area contributed by atoms with Crippen LogP contribution in [0.5, 0.6) is 0 Å². The van der Waals surface area contributed by atoms with Gasteiger partial charge in [-0.15, -0.1) is 0 Å². The molecule has 0 fully saturated rings. The normalized spacial score (nSPS) is 11.4. The van der Waals surface area contributed by atoms with E-state index in [1.807, 2.05) is 0 Å². The van der Waals surface area contributed by atoms with Crippen molar-refractivity contribution in [1.82, 2.24) is 19.6 Å². The first-order valence-electron chi connectivity index (χ1n) is 8.14. The molecule has 2 heterocycles. The van der Waals surface area contributed by atoms with Crippen LogP contribution in [0, 0.1) is 5.82 Å². The van der Waals surface area contributed by atoms with Crippen LogP contribution in [0.25, 0.3) is 0 Å². The summed E-state index contributed by atoms with van der Waals surface area (Å²) in [4.78, 5) is 12.1. The second-order valence-corrected chi connectivity index (χ2v) is 6.30. The topological polar surface area (TPSA) is 64.7 Å². The molecule has 3 rings (SSSR count). The van der Waals surface area contributed by atoms with Gasteiger partial charge in [-0.25, -0.2) is 22.0 Å². The third-order valence-electron chi connectivity index (χ3n) is 3.80. The van der Waals surface area contributed by atoms with E-state index in [4.69, 9.17) is 11.6 Å². The van der Waals surface area contributed by atoms with Gasteiger partial charge in [-0.2, -0.15) is 10.2 Å². The Morgan fingerprint density at radius 2 is 1.90 bits per heavy atom. The van der Waals surface area contributed by atoms with E-state index < -0.39 is 47.5 Å². The van der Waals surface area contributed by atoms with Crippen molar-refractivity contribution < 1.29 is 26.7 Å². The van der Waals surface area contributed by atoms with Crippen molar-refractivity contribution in [3.8, 4) is 0 Å². The van der Waals surface area contributed by atoms with Gasteiger partial charge in [0.1, 0.15) is 23.7 Å². The van der Waals surface area contributed by atoms with Crippen molar-refractivity contribution in [1.29, 1.82) is 0 Å². The SMILES string of the molecule is O=C(Cn1nc(C(F)F)c(Cl)c1C(F)F)Nc1ccn(Cc2cccc(F)c2)n1. The molecule has 0 atom stereocenters. The number of benzene rings is 1. The van der Waals surface area contributed by atoms with E-state index in [2.05, 4.69) is 15.5 Å². The molecule has 154 valence electrons. The van der Waals surface area contributed by atoms with E-state index in [1.54, 1.807) is 12.1 Å². The fourth-order valence-electron chi connectivity index (χ4n) is 2.60. The fraction of sp³-hybridized carbons (Fsp3) is 0.235. The molecule has 0 aliphatic heterocycles. The van der Waals surface area contributed by atoms with Gasteiger partial charge in [-0.3, -0.25) is 14.2 Å². The lowest BCUT2D eigenvalue weighted by molar-refractivity contribution is -0.117. The summed E-state index contributed by atoms with van der Waals surface area (Å²) in [7, 11) is 0. The fourth-order valence-corrected chi connectivity index (χ4v) is 2.90. The number of alkyl halides is 4. The minimum absolute atomic E-state index is 0.0948. The molecule has 0 saturated heterocycles. The molecule has 0 aliphatic carbocycles. The second kappa shape index (κ2) is 8.60. The third kappa shape index (κ3) is 4.91. The molecule has 12 heteroatoms. The van der Waals surface area contributed by atoms with E-state index in [1.165, 1.54) is 29.1 Å². The van der Waals surface area contributed by atoms with E-state index >= 15 is 0 Å². The first kappa shape index (κ1) is 20.8. The molecule has 0 saturated carbocycles. The molecule has 0 bridgehead atoms. The van der Waals surface area contributed by atoms with Crippen molar-refractivity contribution in [2.45, 2.75) is 25.9 Å². The Hall–Kier alpha value is -2.95. The average molecular weight is 434 g/mol. The number of aromatic nitrogens is 4. The number of hydrogen-bond acceptors (Lipinski definition) is 3. The summed E-state index contributed by atoms with van der Waals surface area (Å²) >= 11 is 5.54. The zero-order valence-electron chi connectivity index (χ0n) is 14.5. The molecule has 1 aromatic carbocycles. The Bertz CT molecular complexity index is 1020. The monoisotopic (exact) mass is 433 g/mol. The first-order chi connectivity index (χ1) is 13.7. The van der Waals surface area contributed by atoms with Crippen molar-refractivity contribution in [3.63, 3.8) is 0 Å². The highest BCUT2D eigenvalue weighted by Gasteiger charge is 2.28. The number of halogens is 6. The Kier molecular flexibility index (Phi) is 6.16. The number of nitrogens with zero attached hydrogens (tertiary/aromatic N) is 4. The Morgan fingerprint density at radius 1 is 1.14 bits per heavy atom. The van der Waals surface area contributed by atoms with Gasteiger partial charge in [0, 0.05) is 12.3 Å². The molecule has 0 unspecified atom stereocenters. The molecule has 0 aliphatic rings. The van der Waals surface area contributed by atoms with Crippen LogP contribution in [0.4, 0.5) is 27.8 Å². The summed E-state index contributed by atoms with van der Waals surface area (Å²) in [6.07, 6.45) is -4.84. The van der Waals surface area contributed by atoms with E-state index in [9.17, 15) is 26.7 Å². The highest BCUT2D eigenvalue weighted by atomic mass is 35.5. The van der Waals surface area contributed by atoms with Gasteiger partial charge >= 0.3 is 0 Å². The molecular formula is C17H13ClF5N5O. The van der Waals surface area contributed by atoms with Crippen LogP contribution in [0.15, 0.2) is 36.5 Å². The lowest BCUT2D eigenvalue weighted by Crippen LogP contribution is -2.21. The molecule has 1 N–H and O–H groups in total. The van der Waals surface area contributed by atoms with E-state index in [0.29, 0.717) is 10.2 Å². The summed E-state index contributed by atoms with van der Waals surface area (Å²) in [6.45, 7) is -0.529. The van der Waals surface area contributed by atoms with Gasteiger partial charge in [-0.1, -0.05) is 23.7 Å². The Balaban J connectivity index is 1.69. The first-order valence-corrected chi connectivity index (χ1v) is 8.52. The van der Waals surface area contributed by atoms with Crippen molar-refractivity contribution in [2.24, 2.45) is 0 Å². The number of anilines is 1. The smallest absolute Gasteiger partial charge is 0.283 e. The van der Waals surface area contributed by atoms with Crippen LogP contribution in [0.3, 0.4) is 0 Å². The zero-order chi connectivity index (χ0) is 21.1. The van der Waals surface area contributed by atoms with Crippen LogP contribution in [-0.2, 0) is 17.9 Å². The van der Waals surface area contributed by atoms with Gasteiger partial charge in [0.05, 0.1) is 11.6 Å². The lowest BCUT2D eigenvalue weighted by Gasteiger charge is -2.07. The summed E-state index contributed by atoms with van der Waals surface area (Å²) in [5.41, 5.74) is -1.35. The number of carbonyl (C=O) groups excluding carboxylic acids is 1.